The third-order valence-corrected chi connectivity index (χ3v) is 3.19. The fourth-order valence-electron chi connectivity index (χ4n) is 2.10. The fourth-order valence-corrected chi connectivity index (χ4v) is 2.10. The minimum absolute atomic E-state index is 0.109. The van der Waals surface area contributed by atoms with Crippen molar-refractivity contribution in [3.8, 4) is 5.69 Å². The molecule has 0 aliphatic heterocycles. The van der Waals surface area contributed by atoms with Crippen molar-refractivity contribution >= 4 is 5.84 Å². The van der Waals surface area contributed by atoms with Crippen LogP contribution in [0.5, 0.6) is 0 Å². The Morgan fingerprint density at radius 3 is 2.65 bits per heavy atom. The number of hydrogen-bond acceptors (Lipinski definition) is 4. The van der Waals surface area contributed by atoms with Crippen LogP contribution in [-0.2, 0) is 12.8 Å². The van der Waals surface area contributed by atoms with Gasteiger partial charge in [0, 0.05) is 18.4 Å². The summed E-state index contributed by atoms with van der Waals surface area (Å²) in [6.45, 7) is 6.00. The maximum Gasteiger partial charge on any atom is 0.170 e. The van der Waals surface area contributed by atoms with Gasteiger partial charge in [0.05, 0.1) is 5.69 Å². The molecule has 1 heterocycles. The molecule has 0 bridgehead atoms. The van der Waals surface area contributed by atoms with E-state index < -0.39 is 0 Å². The number of nitrogens with two attached hydrogens (primary N) is 1. The summed E-state index contributed by atoms with van der Waals surface area (Å²) in [7, 11) is 0. The highest BCUT2D eigenvalue weighted by Crippen LogP contribution is 2.16. The highest BCUT2D eigenvalue weighted by molar-refractivity contribution is 5.98. The predicted octanol–water partition coefficient (Wildman–Crippen LogP) is 1.80. The number of aromatic nitrogens is 3. The molecule has 2 rings (SSSR count). The Bertz CT molecular complexity index is 645. The number of benzene rings is 1. The largest absolute Gasteiger partial charge is 0.409 e. The van der Waals surface area contributed by atoms with Crippen molar-refractivity contribution in [3.05, 3.63) is 41.0 Å². The summed E-state index contributed by atoms with van der Waals surface area (Å²) in [6, 6.07) is 5.68. The maximum atomic E-state index is 8.75. The van der Waals surface area contributed by atoms with Crippen LogP contribution in [0.25, 0.3) is 5.69 Å². The van der Waals surface area contributed by atoms with Crippen molar-refractivity contribution in [1.82, 2.24) is 14.8 Å². The number of aryl methyl sites for hydroxylation is 3. The Morgan fingerprint density at radius 2 is 2.10 bits per heavy atom. The van der Waals surface area contributed by atoms with E-state index in [0.29, 0.717) is 5.56 Å². The van der Waals surface area contributed by atoms with Gasteiger partial charge >= 0.3 is 0 Å². The summed E-state index contributed by atoms with van der Waals surface area (Å²) >= 11 is 0. The Kier molecular flexibility index (Phi) is 4.02. The number of rotatable bonds is 4. The molecule has 6 nitrogen and oxygen atoms in total. The van der Waals surface area contributed by atoms with Gasteiger partial charge in [-0.25, -0.2) is 9.67 Å². The van der Waals surface area contributed by atoms with E-state index >= 15 is 0 Å². The minimum atomic E-state index is 0.109. The molecule has 0 saturated heterocycles. The molecule has 0 aliphatic carbocycles. The molecular formula is C14H19N5O. The van der Waals surface area contributed by atoms with Crippen LogP contribution in [0.1, 0.15) is 36.6 Å². The Balaban J connectivity index is 2.49. The molecule has 0 fully saturated rings. The Morgan fingerprint density at radius 1 is 1.35 bits per heavy atom. The molecule has 1 aromatic carbocycles. The average Bonchev–Trinajstić information content (AvgIpc) is 2.89. The third kappa shape index (κ3) is 2.49. The standard InChI is InChI=1S/C14H19N5O/c1-4-12-16-13(5-2)19(17-12)10-6-7-11(9(3)8-10)14(15)18-20/h6-8,20H,4-5H2,1-3H3,(H2,15,18). The van der Waals surface area contributed by atoms with Crippen LogP contribution in [0.3, 0.4) is 0 Å². The van der Waals surface area contributed by atoms with Crippen molar-refractivity contribution in [3.63, 3.8) is 0 Å². The average molecular weight is 273 g/mol. The van der Waals surface area contributed by atoms with E-state index in [2.05, 4.69) is 22.2 Å². The molecule has 0 radical (unpaired) electrons. The van der Waals surface area contributed by atoms with E-state index in [1.165, 1.54) is 0 Å². The number of oxime groups is 1. The van der Waals surface area contributed by atoms with Gasteiger partial charge in [-0.15, -0.1) is 0 Å². The van der Waals surface area contributed by atoms with Gasteiger partial charge in [0.2, 0.25) is 0 Å². The molecule has 0 aliphatic rings. The second kappa shape index (κ2) is 5.73. The van der Waals surface area contributed by atoms with Crippen molar-refractivity contribution in [1.29, 1.82) is 0 Å². The summed E-state index contributed by atoms with van der Waals surface area (Å²) in [5, 5.41) is 16.3. The zero-order valence-electron chi connectivity index (χ0n) is 12.0. The van der Waals surface area contributed by atoms with Gasteiger partial charge in [-0.05, 0) is 30.7 Å². The quantitative estimate of drug-likeness (QED) is 0.385. The molecule has 20 heavy (non-hydrogen) atoms. The molecule has 6 heteroatoms. The molecule has 106 valence electrons. The van der Waals surface area contributed by atoms with Crippen molar-refractivity contribution in [2.45, 2.75) is 33.6 Å². The van der Waals surface area contributed by atoms with E-state index in [-0.39, 0.29) is 5.84 Å². The first-order valence-electron chi connectivity index (χ1n) is 6.64. The zero-order chi connectivity index (χ0) is 14.7. The first kappa shape index (κ1) is 14.0. The summed E-state index contributed by atoms with van der Waals surface area (Å²) in [5.74, 6) is 1.87. The van der Waals surface area contributed by atoms with Gasteiger partial charge in [-0.2, -0.15) is 5.10 Å². The fraction of sp³-hybridized carbons (Fsp3) is 0.357. The van der Waals surface area contributed by atoms with Crippen LogP contribution in [-0.4, -0.2) is 25.8 Å². The summed E-state index contributed by atoms with van der Waals surface area (Å²) < 4.78 is 1.85. The SMILES string of the molecule is CCc1nc(CC)n(-c2ccc(/C(N)=N/O)c(C)c2)n1. The third-order valence-electron chi connectivity index (χ3n) is 3.19. The molecule has 2 aromatic rings. The van der Waals surface area contributed by atoms with Crippen LogP contribution >= 0.6 is 0 Å². The van der Waals surface area contributed by atoms with Crippen LogP contribution in [0, 0.1) is 6.92 Å². The lowest BCUT2D eigenvalue weighted by Crippen LogP contribution is -2.15. The second-order valence-electron chi connectivity index (χ2n) is 4.55. The first-order chi connectivity index (χ1) is 9.60. The lowest BCUT2D eigenvalue weighted by Gasteiger charge is -2.08. The number of amidine groups is 1. The first-order valence-corrected chi connectivity index (χ1v) is 6.64. The molecule has 1 aromatic heterocycles. The zero-order valence-corrected chi connectivity index (χ0v) is 12.0. The van der Waals surface area contributed by atoms with Gasteiger partial charge in [0.15, 0.2) is 11.7 Å². The normalized spacial score (nSPS) is 11.8. The van der Waals surface area contributed by atoms with Gasteiger partial charge in [-0.3, -0.25) is 0 Å². The Labute approximate surface area is 117 Å². The van der Waals surface area contributed by atoms with Gasteiger partial charge in [0.25, 0.3) is 0 Å². The van der Waals surface area contributed by atoms with Crippen LogP contribution in [0.2, 0.25) is 0 Å². The molecule has 0 atom stereocenters. The van der Waals surface area contributed by atoms with E-state index in [1.54, 1.807) is 0 Å². The van der Waals surface area contributed by atoms with Gasteiger partial charge in [-0.1, -0.05) is 19.0 Å². The highest BCUT2D eigenvalue weighted by atomic mass is 16.4. The topological polar surface area (TPSA) is 89.3 Å². The van der Waals surface area contributed by atoms with Crippen LogP contribution in [0.15, 0.2) is 23.4 Å². The predicted molar refractivity (Wildman–Crippen MR) is 77.4 cm³/mol. The van der Waals surface area contributed by atoms with Crippen LogP contribution < -0.4 is 5.73 Å². The second-order valence-corrected chi connectivity index (χ2v) is 4.55. The summed E-state index contributed by atoms with van der Waals surface area (Å²) in [6.07, 6.45) is 1.62. The molecule has 0 unspecified atom stereocenters. The Hall–Kier alpha value is -2.37. The van der Waals surface area contributed by atoms with Gasteiger partial charge < -0.3 is 10.9 Å². The summed E-state index contributed by atoms with van der Waals surface area (Å²) in [5.41, 5.74) is 8.20. The maximum absolute atomic E-state index is 8.75. The van der Waals surface area contributed by atoms with Crippen molar-refractivity contribution < 1.29 is 5.21 Å². The highest BCUT2D eigenvalue weighted by Gasteiger charge is 2.11. The molecule has 0 spiro atoms. The number of nitrogens with zero attached hydrogens (tertiary/aromatic N) is 4. The van der Waals surface area contributed by atoms with Crippen molar-refractivity contribution in [2.75, 3.05) is 0 Å². The van der Waals surface area contributed by atoms with Crippen LogP contribution in [0.4, 0.5) is 0 Å². The summed E-state index contributed by atoms with van der Waals surface area (Å²) in [4.78, 5) is 4.49. The van der Waals surface area contributed by atoms with E-state index in [4.69, 9.17) is 10.9 Å². The molecular weight excluding hydrogens is 254 g/mol. The van der Waals surface area contributed by atoms with E-state index in [0.717, 1.165) is 35.7 Å². The molecule has 3 N–H and O–H groups in total. The monoisotopic (exact) mass is 273 g/mol. The lowest BCUT2D eigenvalue weighted by atomic mass is 10.1. The number of hydrogen-bond donors (Lipinski definition) is 2. The van der Waals surface area contributed by atoms with Crippen molar-refractivity contribution in [2.24, 2.45) is 10.9 Å². The van der Waals surface area contributed by atoms with Gasteiger partial charge in [0.1, 0.15) is 5.82 Å². The van der Waals surface area contributed by atoms with E-state index in [9.17, 15) is 0 Å². The minimum Gasteiger partial charge on any atom is -0.409 e. The lowest BCUT2D eigenvalue weighted by molar-refractivity contribution is 0.318. The smallest absolute Gasteiger partial charge is 0.170 e. The molecule has 0 saturated carbocycles. The molecule has 0 amide bonds. The van der Waals surface area contributed by atoms with E-state index in [1.807, 2.05) is 36.7 Å².